The molecule has 0 amide bonds. The monoisotopic (exact) mass is 306 g/mol. The summed E-state index contributed by atoms with van der Waals surface area (Å²) in [5, 5.41) is 0. The third-order valence-corrected chi connectivity index (χ3v) is 3.08. The van der Waals surface area contributed by atoms with Gasteiger partial charge < -0.3 is 10.5 Å². The molecule has 0 atom stereocenters. The molecule has 0 aliphatic carbocycles. The number of hydrogen-bond acceptors (Lipinski definition) is 3. The van der Waals surface area contributed by atoms with Crippen molar-refractivity contribution in [1.29, 1.82) is 0 Å². The molecular weight excluding hydrogens is 292 g/mol. The molecule has 0 aliphatic heterocycles. The van der Waals surface area contributed by atoms with Crippen LogP contribution in [0.1, 0.15) is 11.1 Å². The number of halogens is 1. The summed E-state index contributed by atoms with van der Waals surface area (Å²) in [5.41, 5.74) is 7.81. The van der Waals surface area contributed by atoms with Crippen molar-refractivity contribution in [3.05, 3.63) is 52.1 Å². The Hall–Kier alpha value is -1.39. The van der Waals surface area contributed by atoms with Crippen LogP contribution in [-0.4, -0.2) is 11.5 Å². The highest BCUT2D eigenvalue weighted by atomic mass is 79.9. The Morgan fingerprint density at radius 2 is 2.00 bits per heavy atom. The molecule has 0 radical (unpaired) electrons. The van der Waals surface area contributed by atoms with Gasteiger partial charge in [-0.05, 0) is 65.1 Å². The van der Waals surface area contributed by atoms with E-state index < -0.39 is 0 Å². The molecule has 4 heteroatoms. The number of pyridine rings is 1. The number of hydrogen-bond donors (Lipinski definition) is 1. The molecule has 1 heterocycles. The molecular formula is C14H15BrN2O. The molecule has 3 nitrogen and oxygen atoms in total. The van der Waals surface area contributed by atoms with Crippen LogP contribution in [0.25, 0.3) is 0 Å². The summed E-state index contributed by atoms with van der Waals surface area (Å²) in [7, 11) is 0. The molecule has 2 aromatic rings. The highest BCUT2D eigenvalue weighted by molar-refractivity contribution is 9.10. The van der Waals surface area contributed by atoms with Crippen LogP contribution in [0.2, 0.25) is 0 Å². The van der Waals surface area contributed by atoms with Crippen LogP contribution in [-0.2, 0) is 6.42 Å². The van der Waals surface area contributed by atoms with Gasteiger partial charge in [0.1, 0.15) is 5.75 Å². The van der Waals surface area contributed by atoms with E-state index in [9.17, 15) is 0 Å². The van der Waals surface area contributed by atoms with E-state index in [2.05, 4.69) is 20.9 Å². The van der Waals surface area contributed by atoms with Gasteiger partial charge in [0.05, 0.1) is 4.47 Å². The van der Waals surface area contributed by atoms with Gasteiger partial charge in [0.2, 0.25) is 5.88 Å². The largest absolute Gasteiger partial charge is 0.438 e. The number of rotatable bonds is 4. The second-order valence-electron chi connectivity index (χ2n) is 4.08. The molecule has 18 heavy (non-hydrogen) atoms. The standard InChI is InChI=1S/C14H15BrN2O/c1-10-8-13(15)14(17-9-10)18-12-4-2-11(3-5-12)6-7-16/h2-5,8-9H,6-7,16H2,1H3. The summed E-state index contributed by atoms with van der Waals surface area (Å²) in [4.78, 5) is 4.24. The molecule has 0 saturated heterocycles. The van der Waals surface area contributed by atoms with Gasteiger partial charge in [0, 0.05) is 6.20 Å². The number of benzene rings is 1. The van der Waals surface area contributed by atoms with Gasteiger partial charge in [-0.25, -0.2) is 4.98 Å². The van der Waals surface area contributed by atoms with Gasteiger partial charge in [-0.2, -0.15) is 0 Å². The topological polar surface area (TPSA) is 48.1 Å². The molecule has 1 aromatic carbocycles. The lowest BCUT2D eigenvalue weighted by Crippen LogP contribution is -2.02. The van der Waals surface area contributed by atoms with Crippen LogP contribution in [0.5, 0.6) is 11.6 Å². The van der Waals surface area contributed by atoms with Crippen LogP contribution in [0.3, 0.4) is 0 Å². The third kappa shape index (κ3) is 3.31. The van der Waals surface area contributed by atoms with Crippen molar-refractivity contribution >= 4 is 15.9 Å². The van der Waals surface area contributed by atoms with E-state index in [-0.39, 0.29) is 0 Å². The second-order valence-corrected chi connectivity index (χ2v) is 4.94. The van der Waals surface area contributed by atoms with Gasteiger partial charge in [0.15, 0.2) is 0 Å². The maximum atomic E-state index is 5.71. The molecule has 94 valence electrons. The Morgan fingerprint density at radius 3 is 2.61 bits per heavy atom. The molecule has 0 fully saturated rings. The van der Waals surface area contributed by atoms with E-state index in [1.165, 1.54) is 5.56 Å². The minimum atomic E-state index is 0.576. The Kier molecular flexibility index (Phi) is 4.33. The molecule has 0 aliphatic rings. The van der Waals surface area contributed by atoms with Crippen molar-refractivity contribution in [3.63, 3.8) is 0 Å². The van der Waals surface area contributed by atoms with Gasteiger partial charge in [-0.3, -0.25) is 0 Å². The molecule has 2 rings (SSSR count). The van der Waals surface area contributed by atoms with Crippen LogP contribution in [0.15, 0.2) is 41.0 Å². The summed E-state index contributed by atoms with van der Waals surface area (Å²) in [6, 6.07) is 9.87. The van der Waals surface area contributed by atoms with Crippen LogP contribution in [0.4, 0.5) is 0 Å². The number of ether oxygens (including phenoxy) is 1. The summed E-state index contributed by atoms with van der Waals surface area (Å²) in [5.74, 6) is 1.35. The number of aromatic nitrogens is 1. The van der Waals surface area contributed by atoms with E-state index in [4.69, 9.17) is 10.5 Å². The lowest BCUT2D eigenvalue weighted by atomic mass is 10.1. The predicted molar refractivity (Wildman–Crippen MR) is 75.9 cm³/mol. The average Bonchev–Trinajstić information content (AvgIpc) is 2.35. The van der Waals surface area contributed by atoms with Crippen molar-refractivity contribution in [3.8, 4) is 11.6 Å². The lowest BCUT2D eigenvalue weighted by molar-refractivity contribution is 0.459. The van der Waals surface area contributed by atoms with Gasteiger partial charge in [-0.15, -0.1) is 0 Å². The van der Waals surface area contributed by atoms with E-state index in [0.29, 0.717) is 12.4 Å². The van der Waals surface area contributed by atoms with E-state index in [0.717, 1.165) is 22.2 Å². The molecule has 0 bridgehead atoms. The maximum absolute atomic E-state index is 5.71. The number of nitrogens with zero attached hydrogens (tertiary/aromatic N) is 1. The van der Waals surface area contributed by atoms with Crippen LogP contribution < -0.4 is 10.5 Å². The van der Waals surface area contributed by atoms with Crippen molar-refractivity contribution in [2.75, 3.05) is 6.54 Å². The highest BCUT2D eigenvalue weighted by Crippen LogP contribution is 2.27. The zero-order chi connectivity index (χ0) is 13.0. The molecule has 0 saturated carbocycles. The van der Waals surface area contributed by atoms with E-state index in [1.807, 2.05) is 37.3 Å². The first-order valence-electron chi connectivity index (χ1n) is 5.78. The molecule has 1 aromatic heterocycles. The summed E-state index contributed by atoms with van der Waals surface area (Å²) in [6.07, 6.45) is 2.66. The smallest absolute Gasteiger partial charge is 0.233 e. The number of nitrogens with two attached hydrogens (primary N) is 1. The Balaban J connectivity index is 2.13. The van der Waals surface area contributed by atoms with Gasteiger partial charge >= 0.3 is 0 Å². The second kappa shape index (κ2) is 5.98. The van der Waals surface area contributed by atoms with Gasteiger partial charge in [-0.1, -0.05) is 12.1 Å². The Bertz CT molecular complexity index is 526. The highest BCUT2D eigenvalue weighted by Gasteiger charge is 2.04. The average molecular weight is 307 g/mol. The van der Waals surface area contributed by atoms with Crippen molar-refractivity contribution in [2.45, 2.75) is 13.3 Å². The fraction of sp³-hybridized carbons (Fsp3) is 0.214. The normalized spacial score (nSPS) is 10.4. The van der Waals surface area contributed by atoms with Crippen molar-refractivity contribution in [1.82, 2.24) is 4.98 Å². The SMILES string of the molecule is Cc1cnc(Oc2ccc(CCN)cc2)c(Br)c1. The quantitative estimate of drug-likeness (QED) is 0.941. The van der Waals surface area contributed by atoms with Crippen molar-refractivity contribution in [2.24, 2.45) is 5.73 Å². The summed E-state index contributed by atoms with van der Waals surface area (Å²) >= 11 is 3.44. The first-order chi connectivity index (χ1) is 8.69. The number of aryl methyl sites for hydroxylation is 1. The third-order valence-electron chi connectivity index (χ3n) is 2.52. The first-order valence-corrected chi connectivity index (χ1v) is 6.57. The minimum Gasteiger partial charge on any atom is -0.438 e. The Labute approximate surface area is 115 Å². The minimum absolute atomic E-state index is 0.576. The summed E-state index contributed by atoms with van der Waals surface area (Å²) < 4.78 is 6.56. The first kappa shape index (κ1) is 13.1. The van der Waals surface area contributed by atoms with E-state index >= 15 is 0 Å². The molecule has 2 N–H and O–H groups in total. The predicted octanol–water partition coefficient (Wildman–Crippen LogP) is 3.45. The zero-order valence-corrected chi connectivity index (χ0v) is 11.8. The summed E-state index contributed by atoms with van der Waals surface area (Å²) in [6.45, 7) is 2.65. The molecule has 0 unspecified atom stereocenters. The fourth-order valence-electron chi connectivity index (χ4n) is 1.60. The lowest BCUT2D eigenvalue weighted by Gasteiger charge is -2.07. The fourth-order valence-corrected chi connectivity index (χ4v) is 2.14. The van der Waals surface area contributed by atoms with Crippen LogP contribution in [0, 0.1) is 6.92 Å². The molecule has 0 spiro atoms. The van der Waals surface area contributed by atoms with Gasteiger partial charge in [0.25, 0.3) is 0 Å². The zero-order valence-electron chi connectivity index (χ0n) is 10.2. The van der Waals surface area contributed by atoms with Crippen LogP contribution >= 0.6 is 15.9 Å². The maximum Gasteiger partial charge on any atom is 0.233 e. The van der Waals surface area contributed by atoms with Crippen molar-refractivity contribution < 1.29 is 4.74 Å². The van der Waals surface area contributed by atoms with E-state index in [1.54, 1.807) is 6.20 Å². The Morgan fingerprint density at radius 1 is 1.28 bits per heavy atom.